The molecule has 0 aromatic carbocycles. The van der Waals surface area contributed by atoms with Crippen LogP contribution in [-0.2, 0) is 14.5 Å². The predicted molar refractivity (Wildman–Crippen MR) is 96.3 cm³/mol. The minimum Gasteiger partial charge on any atom is -0.326 e. The zero-order valence-electron chi connectivity index (χ0n) is 15.4. The third-order valence-corrected chi connectivity index (χ3v) is 6.16. The molecule has 0 spiro atoms. The van der Waals surface area contributed by atoms with Crippen LogP contribution in [0.15, 0.2) is 6.07 Å². The molecule has 138 valence electrons. The van der Waals surface area contributed by atoms with E-state index >= 15 is 0 Å². The summed E-state index contributed by atoms with van der Waals surface area (Å²) in [5.41, 5.74) is 3.09. The first-order valence-corrected chi connectivity index (χ1v) is 10.1. The summed E-state index contributed by atoms with van der Waals surface area (Å²) < 4.78 is 29.4. The van der Waals surface area contributed by atoms with Gasteiger partial charge in [-0.05, 0) is 51.0 Å². The SMILES string of the molecule is Cc1nc(C)c2cc(C)n([C@@H]3CC(COS(N)(=O)=O)C(C)C3C)c2n1. The van der Waals surface area contributed by atoms with Crippen LogP contribution in [0, 0.1) is 38.5 Å². The molecule has 7 nitrogen and oxygen atoms in total. The van der Waals surface area contributed by atoms with Gasteiger partial charge in [0.25, 0.3) is 0 Å². The fraction of sp³-hybridized carbons (Fsp3) is 0.647. The van der Waals surface area contributed by atoms with Gasteiger partial charge in [-0.1, -0.05) is 13.8 Å². The fourth-order valence-corrected chi connectivity index (χ4v) is 4.55. The summed E-state index contributed by atoms with van der Waals surface area (Å²) in [6.45, 7) is 10.5. The lowest BCUT2D eigenvalue weighted by Gasteiger charge is -2.22. The Balaban J connectivity index is 1.97. The standard InChI is InChI=1S/C17H26N4O3S/c1-9-6-15-12(4)19-13(5)20-17(15)21(9)16-7-14(10(2)11(16)3)8-24-25(18,22)23/h6,10-11,14,16H,7-8H2,1-5H3,(H2,18,22,23)/t10?,11?,14?,16-/m1/s1. The van der Waals surface area contributed by atoms with Gasteiger partial charge in [0.2, 0.25) is 0 Å². The molecule has 1 fully saturated rings. The summed E-state index contributed by atoms with van der Waals surface area (Å²) in [5, 5.41) is 6.06. The van der Waals surface area contributed by atoms with E-state index in [-0.39, 0.29) is 18.6 Å². The number of fused-ring (bicyclic) bond motifs is 1. The molecule has 0 saturated heterocycles. The molecule has 3 rings (SSSR count). The summed E-state index contributed by atoms with van der Waals surface area (Å²) in [6.07, 6.45) is 0.838. The monoisotopic (exact) mass is 366 g/mol. The molecular formula is C17H26N4O3S. The van der Waals surface area contributed by atoms with Crippen molar-refractivity contribution in [2.24, 2.45) is 22.9 Å². The molecule has 0 radical (unpaired) electrons. The van der Waals surface area contributed by atoms with E-state index in [2.05, 4.69) is 41.4 Å². The van der Waals surface area contributed by atoms with Gasteiger partial charge < -0.3 is 4.57 Å². The van der Waals surface area contributed by atoms with Gasteiger partial charge in [-0.2, -0.15) is 8.42 Å². The van der Waals surface area contributed by atoms with Crippen LogP contribution >= 0.6 is 0 Å². The first kappa shape index (κ1) is 18.3. The maximum absolute atomic E-state index is 11.1. The zero-order chi connectivity index (χ0) is 18.5. The molecule has 2 aromatic heterocycles. The largest absolute Gasteiger partial charge is 0.333 e. The molecule has 3 unspecified atom stereocenters. The van der Waals surface area contributed by atoms with Crippen molar-refractivity contribution in [1.29, 1.82) is 0 Å². The molecule has 8 heteroatoms. The smallest absolute Gasteiger partial charge is 0.326 e. The Labute approximate surface area is 148 Å². The number of rotatable bonds is 4. The van der Waals surface area contributed by atoms with E-state index in [1.165, 1.54) is 0 Å². The topological polar surface area (TPSA) is 100 Å². The maximum atomic E-state index is 11.1. The van der Waals surface area contributed by atoms with Crippen molar-refractivity contribution in [3.05, 3.63) is 23.3 Å². The Bertz CT molecular complexity index is 906. The molecule has 2 heterocycles. The van der Waals surface area contributed by atoms with Crippen molar-refractivity contribution in [3.63, 3.8) is 0 Å². The fourth-order valence-electron chi connectivity index (χ4n) is 4.18. The Hall–Kier alpha value is -1.51. The van der Waals surface area contributed by atoms with Crippen molar-refractivity contribution < 1.29 is 12.6 Å². The summed E-state index contributed by atoms with van der Waals surface area (Å²) in [7, 11) is -3.91. The maximum Gasteiger partial charge on any atom is 0.333 e. The Kier molecular flexibility index (Phi) is 4.63. The van der Waals surface area contributed by atoms with Crippen molar-refractivity contribution in [2.45, 2.75) is 47.1 Å². The molecule has 1 saturated carbocycles. The lowest BCUT2D eigenvalue weighted by atomic mass is 9.92. The highest BCUT2D eigenvalue weighted by atomic mass is 32.2. The van der Waals surface area contributed by atoms with Crippen molar-refractivity contribution in [1.82, 2.24) is 14.5 Å². The molecule has 2 N–H and O–H groups in total. The quantitative estimate of drug-likeness (QED) is 0.895. The van der Waals surface area contributed by atoms with Crippen molar-refractivity contribution >= 4 is 21.3 Å². The lowest BCUT2D eigenvalue weighted by molar-refractivity contribution is 0.215. The molecule has 0 aliphatic heterocycles. The molecule has 0 bridgehead atoms. The molecule has 2 aromatic rings. The van der Waals surface area contributed by atoms with Gasteiger partial charge in [-0.15, -0.1) is 0 Å². The van der Waals surface area contributed by atoms with E-state index < -0.39 is 10.3 Å². The van der Waals surface area contributed by atoms with Crippen LogP contribution in [0.3, 0.4) is 0 Å². The normalized spacial score (nSPS) is 27.3. The Morgan fingerprint density at radius 3 is 2.56 bits per heavy atom. The first-order valence-electron chi connectivity index (χ1n) is 8.58. The number of hydrogen-bond acceptors (Lipinski definition) is 5. The van der Waals surface area contributed by atoms with E-state index in [0.29, 0.717) is 11.8 Å². The number of nitrogens with zero attached hydrogens (tertiary/aromatic N) is 3. The molecular weight excluding hydrogens is 340 g/mol. The Morgan fingerprint density at radius 2 is 1.92 bits per heavy atom. The average molecular weight is 366 g/mol. The predicted octanol–water partition coefficient (Wildman–Crippen LogP) is 2.41. The third kappa shape index (κ3) is 3.43. The third-order valence-electron chi connectivity index (χ3n) is 5.69. The molecule has 1 aliphatic carbocycles. The van der Waals surface area contributed by atoms with E-state index in [4.69, 9.17) is 9.32 Å². The number of aryl methyl sites for hydroxylation is 3. The second-order valence-corrected chi connectivity index (χ2v) is 8.53. The lowest BCUT2D eigenvalue weighted by Crippen LogP contribution is -2.22. The van der Waals surface area contributed by atoms with Crippen LogP contribution in [0.25, 0.3) is 11.0 Å². The van der Waals surface area contributed by atoms with E-state index in [0.717, 1.165) is 34.7 Å². The molecule has 25 heavy (non-hydrogen) atoms. The highest BCUT2D eigenvalue weighted by Crippen LogP contribution is 2.46. The van der Waals surface area contributed by atoms with Gasteiger partial charge in [0, 0.05) is 17.1 Å². The Morgan fingerprint density at radius 1 is 1.24 bits per heavy atom. The number of hydrogen-bond donors (Lipinski definition) is 1. The molecule has 1 aliphatic rings. The summed E-state index contributed by atoms with van der Waals surface area (Å²) in [6, 6.07) is 2.38. The molecule has 4 atom stereocenters. The van der Waals surface area contributed by atoms with Gasteiger partial charge in [0.15, 0.2) is 0 Å². The van der Waals surface area contributed by atoms with Gasteiger partial charge in [-0.25, -0.2) is 15.1 Å². The van der Waals surface area contributed by atoms with Crippen LogP contribution in [0.5, 0.6) is 0 Å². The number of aromatic nitrogens is 3. The highest BCUT2D eigenvalue weighted by molar-refractivity contribution is 7.84. The van der Waals surface area contributed by atoms with Gasteiger partial charge >= 0.3 is 10.3 Å². The number of nitrogens with two attached hydrogens (primary N) is 1. The minimum absolute atomic E-state index is 0.131. The van der Waals surface area contributed by atoms with Crippen LogP contribution in [0.1, 0.15) is 43.5 Å². The van der Waals surface area contributed by atoms with E-state index in [1.807, 2.05) is 13.8 Å². The van der Waals surface area contributed by atoms with E-state index in [1.54, 1.807) is 0 Å². The van der Waals surface area contributed by atoms with Crippen LogP contribution < -0.4 is 5.14 Å². The second-order valence-electron chi connectivity index (χ2n) is 7.31. The minimum atomic E-state index is -3.91. The summed E-state index contributed by atoms with van der Waals surface area (Å²) >= 11 is 0. The van der Waals surface area contributed by atoms with Gasteiger partial charge in [0.05, 0.1) is 12.3 Å². The van der Waals surface area contributed by atoms with Gasteiger partial charge in [-0.3, -0.25) is 4.18 Å². The summed E-state index contributed by atoms with van der Waals surface area (Å²) in [5.74, 6) is 1.60. The van der Waals surface area contributed by atoms with Crippen molar-refractivity contribution in [2.75, 3.05) is 6.61 Å². The van der Waals surface area contributed by atoms with Crippen LogP contribution in [0.4, 0.5) is 0 Å². The van der Waals surface area contributed by atoms with Crippen LogP contribution in [0.2, 0.25) is 0 Å². The average Bonchev–Trinajstić information content (AvgIpc) is 2.95. The summed E-state index contributed by atoms with van der Waals surface area (Å²) in [4.78, 5) is 9.14. The zero-order valence-corrected chi connectivity index (χ0v) is 16.2. The highest BCUT2D eigenvalue weighted by Gasteiger charge is 2.40. The van der Waals surface area contributed by atoms with Crippen LogP contribution in [-0.4, -0.2) is 29.6 Å². The van der Waals surface area contributed by atoms with Crippen molar-refractivity contribution in [3.8, 4) is 0 Å². The first-order chi connectivity index (χ1) is 11.6. The second kappa shape index (κ2) is 6.34. The molecule has 0 amide bonds. The van der Waals surface area contributed by atoms with E-state index in [9.17, 15) is 8.42 Å². The van der Waals surface area contributed by atoms with Gasteiger partial charge in [0.1, 0.15) is 11.5 Å².